The first-order valence-corrected chi connectivity index (χ1v) is 7.11. The van der Waals surface area contributed by atoms with Crippen LogP contribution >= 0.6 is 0 Å². The fraction of sp³-hybridized carbons (Fsp3) is 0.467. The highest BCUT2D eigenvalue weighted by molar-refractivity contribution is 6.21. The van der Waals surface area contributed by atoms with Gasteiger partial charge in [0.15, 0.2) is 0 Å². The first-order valence-electron chi connectivity index (χ1n) is 7.11. The van der Waals surface area contributed by atoms with E-state index in [0.29, 0.717) is 43.7 Å². The lowest BCUT2D eigenvalue weighted by Gasteiger charge is -2.18. The number of benzene rings is 1. The number of rotatable bonds is 4. The zero-order valence-corrected chi connectivity index (χ0v) is 11.6. The fourth-order valence-electron chi connectivity index (χ4n) is 2.92. The van der Waals surface area contributed by atoms with Crippen molar-refractivity contribution in [1.29, 1.82) is 0 Å². The Labute approximate surface area is 122 Å². The molecule has 2 unspecified atom stereocenters. The lowest BCUT2D eigenvalue weighted by molar-refractivity contribution is 0.0572. The van der Waals surface area contributed by atoms with Crippen LogP contribution in [-0.2, 0) is 0 Å². The summed E-state index contributed by atoms with van der Waals surface area (Å²) in [5.74, 6) is -0.478. The molecule has 0 aliphatic carbocycles. The number of fused-ring (bicyclic) bond motifs is 1. The molecule has 2 aliphatic heterocycles. The summed E-state index contributed by atoms with van der Waals surface area (Å²) in [7, 11) is 0. The smallest absolute Gasteiger partial charge is 0.261 e. The maximum atomic E-state index is 12.1. The number of carbonyl (C=O) groups is 2. The number of imide groups is 1. The molecule has 2 aliphatic rings. The van der Waals surface area contributed by atoms with Gasteiger partial charge in [0.05, 0.1) is 23.3 Å². The molecule has 1 aromatic rings. The quantitative estimate of drug-likeness (QED) is 0.745. The second-order valence-corrected chi connectivity index (χ2v) is 5.56. The number of amides is 2. The maximum absolute atomic E-state index is 12.1. The van der Waals surface area contributed by atoms with Gasteiger partial charge in [-0.25, -0.2) is 0 Å². The summed E-state index contributed by atoms with van der Waals surface area (Å²) >= 11 is 0. The van der Waals surface area contributed by atoms with E-state index < -0.39 is 12.2 Å². The molecular weight excluding hydrogens is 272 g/mol. The van der Waals surface area contributed by atoms with Gasteiger partial charge in [0, 0.05) is 26.2 Å². The van der Waals surface area contributed by atoms with E-state index in [0.717, 1.165) is 0 Å². The second-order valence-electron chi connectivity index (χ2n) is 5.56. The van der Waals surface area contributed by atoms with Gasteiger partial charge in [0.25, 0.3) is 11.8 Å². The summed E-state index contributed by atoms with van der Waals surface area (Å²) in [6.07, 6.45) is -0.779. The molecule has 0 spiro atoms. The van der Waals surface area contributed by atoms with Gasteiger partial charge in [0.1, 0.15) is 0 Å². The van der Waals surface area contributed by atoms with Crippen LogP contribution in [0, 0.1) is 0 Å². The molecule has 1 fully saturated rings. The third-order valence-electron chi connectivity index (χ3n) is 4.07. The lowest BCUT2D eigenvalue weighted by atomic mass is 10.1. The highest BCUT2D eigenvalue weighted by Gasteiger charge is 2.35. The van der Waals surface area contributed by atoms with Crippen molar-refractivity contribution in [3.63, 3.8) is 0 Å². The van der Waals surface area contributed by atoms with Crippen molar-refractivity contribution in [3.05, 3.63) is 35.4 Å². The molecule has 6 heteroatoms. The number of aliphatic hydroxyl groups excluding tert-OH is 2. The molecule has 1 aromatic carbocycles. The van der Waals surface area contributed by atoms with Gasteiger partial charge < -0.3 is 10.2 Å². The van der Waals surface area contributed by atoms with Crippen molar-refractivity contribution in [2.45, 2.75) is 18.6 Å². The monoisotopic (exact) mass is 290 g/mol. The van der Waals surface area contributed by atoms with E-state index in [2.05, 4.69) is 0 Å². The Hall–Kier alpha value is -1.76. The second kappa shape index (κ2) is 5.55. The molecule has 0 radical (unpaired) electrons. The average Bonchev–Trinajstić information content (AvgIpc) is 2.92. The molecule has 2 N–H and O–H groups in total. The molecule has 0 aromatic heterocycles. The van der Waals surface area contributed by atoms with E-state index in [9.17, 15) is 19.8 Å². The Balaban J connectivity index is 1.56. The molecule has 2 amide bonds. The van der Waals surface area contributed by atoms with Crippen molar-refractivity contribution in [2.24, 2.45) is 0 Å². The Morgan fingerprint density at radius 3 is 2.00 bits per heavy atom. The number of aliphatic hydroxyl groups is 2. The van der Waals surface area contributed by atoms with E-state index in [1.54, 1.807) is 24.3 Å². The first kappa shape index (κ1) is 14.2. The molecule has 0 saturated carbocycles. The summed E-state index contributed by atoms with van der Waals surface area (Å²) < 4.78 is 0. The van der Waals surface area contributed by atoms with Gasteiger partial charge in [-0.1, -0.05) is 12.1 Å². The summed E-state index contributed by atoms with van der Waals surface area (Å²) in [4.78, 5) is 27.5. The SMILES string of the molecule is O=C1c2ccccc2C(=O)N1CCCN1CC(O)C(O)C1. The van der Waals surface area contributed by atoms with Crippen LogP contribution in [0.3, 0.4) is 0 Å². The topological polar surface area (TPSA) is 81.1 Å². The first-order chi connectivity index (χ1) is 10.1. The van der Waals surface area contributed by atoms with Crippen LogP contribution in [0.5, 0.6) is 0 Å². The predicted molar refractivity (Wildman–Crippen MR) is 74.9 cm³/mol. The molecule has 2 atom stereocenters. The van der Waals surface area contributed by atoms with Crippen molar-refractivity contribution in [2.75, 3.05) is 26.2 Å². The predicted octanol–water partition coefficient (Wildman–Crippen LogP) is -0.290. The molecule has 21 heavy (non-hydrogen) atoms. The van der Waals surface area contributed by atoms with Crippen molar-refractivity contribution < 1.29 is 19.8 Å². The number of nitrogens with zero attached hydrogens (tertiary/aromatic N) is 2. The molecule has 3 rings (SSSR count). The standard InChI is InChI=1S/C15H18N2O4/c18-12-8-16(9-13(12)19)6-3-7-17-14(20)10-4-1-2-5-11(10)15(17)21/h1-2,4-5,12-13,18-19H,3,6-9H2. The number of hydrogen-bond donors (Lipinski definition) is 2. The van der Waals surface area contributed by atoms with E-state index in [4.69, 9.17) is 0 Å². The van der Waals surface area contributed by atoms with Crippen molar-refractivity contribution >= 4 is 11.8 Å². The molecule has 6 nitrogen and oxygen atoms in total. The Bertz CT molecular complexity index is 530. The van der Waals surface area contributed by atoms with Gasteiger partial charge in [0.2, 0.25) is 0 Å². The van der Waals surface area contributed by atoms with Crippen molar-refractivity contribution in [1.82, 2.24) is 9.80 Å². The van der Waals surface area contributed by atoms with Crippen LogP contribution < -0.4 is 0 Å². The maximum Gasteiger partial charge on any atom is 0.261 e. The number of likely N-dealkylation sites (tertiary alicyclic amines) is 1. The van der Waals surface area contributed by atoms with Crippen LogP contribution in [0.25, 0.3) is 0 Å². The minimum atomic E-state index is -0.704. The van der Waals surface area contributed by atoms with E-state index in [-0.39, 0.29) is 11.8 Å². The Morgan fingerprint density at radius 2 is 1.48 bits per heavy atom. The summed E-state index contributed by atoms with van der Waals surface area (Å²) in [6, 6.07) is 6.84. The molecular formula is C15H18N2O4. The minimum Gasteiger partial charge on any atom is -0.389 e. The van der Waals surface area contributed by atoms with Gasteiger partial charge in [-0.15, -0.1) is 0 Å². The van der Waals surface area contributed by atoms with Crippen LogP contribution in [0.15, 0.2) is 24.3 Å². The minimum absolute atomic E-state index is 0.239. The molecule has 0 bridgehead atoms. The van der Waals surface area contributed by atoms with Crippen LogP contribution in [0.1, 0.15) is 27.1 Å². The van der Waals surface area contributed by atoms with Crippen LogP contribution in [-0.4, -0.2) is 70.2 Å². The highest BCUT2D eigenvalue weighted by atomic mass is 16.3. The van der Waals surface area contributed by atoms with E-state index in [1.165, 1.54) is 4.90 Å². The summed E-state index contributed by atoms with van der Waals surface area (Å²) in [5, 5.41) is 18.9. The Morgan fingerprint density at radius 1 is 0.952 bits per heavy atom. The lowest BCUT2D eigenvalue weighted by Crippen LogP contribution is -2.33. The van der Waals surface area contributed by atoms with Crippen molar-refractivity contribution in [3.8, 4) is 0 Å². The molecule has 2 heterocycles. The third kappa shape index (κ3) is 2.57. The zero-order valence-electron chi connectivity index (χ0n) is 11.6. The number of β-amino-alcohol motifs (C(OH)–C–C–N with tert-alkyl or cyclic N) is 2. The largest absolute Gasteiger partial charge is 0.389 e. The highest BCUT2D eigenvalue weighted by Crippen LogP contribution is 2.22. The normalized spacial score (nSPS) is 25.7. The van der Waals surface area contributed by atoms with Gasteiger partial charge in [-0.2, -0.15) is 0 Å². The summed E-state index contributed by atoms with van der Waals surface area (Å²) in [5.41, 5.74) is 0.934. The molecule has 1 saturated heterocycles. The van der Waals surface area contributed by atoms with Gasteiger partial charge >= 0.3 is 0 Å². The molecule has 112 valence electrons. The van der Waals surface area contributed by atoms with Gasteiger partial charge in [-0.05, 0) is 18.6 Å². The van der Waals surface area contributed by atoms with E-state index >= 15 is 0 Å². The van der Waals surface area contributed by atoms with Crippen LogP contribution in [0.2, 0.25) is 0 Å². The zero-order chi connectivity index (χ0) is 15.0. The van der Waals surface area contributed by atoms with Crippen LogP contribution in [0.4, 0.5) is 0 Å². The fourth-order valence-corrected chi connectivity index (χ4v) is 2.92. The summed E-state index contributed by atoms with van der Waals surface area (Å²) in [6.45, 7) is 1.86. The van der Waals surface area contributed by atoms with Gasteiger partial charge in [-0.3, -0.25) is 19.4 Å². The van der Waals surface area contributed by atoms with E-state index in [1.807, 2.05) is 4.90 Å². The average molecular weight is 290 g/mol. The third-order valence-corrected chi connectivity index (χ3v) is 4.07. The number of hydrogen-bond acceptors (Lipinski definition) is 5. The Kier molecular flexibility index (Phi) is 3.75. The number of carbonyl (C=O) groups excluding carboxylic acids is 2.